The molecule has 1 aliphatic heterocycles. The maximum Gasteiger partial charge on any atom is 0.222 e. The molecule has 1 atom stereocenters. The number of rotatable bonds is 6. The third-order valence-electron chi connectivity index (χ3n) is 4.94. The van der Waals surface area contributed by atoms with Crippen LogP contribution in [-0.4, -0.2) is 44.5 Å². The van der Waals surface area contributed by atoms with E-state index in [4.69, 9.17) is 4.98 Å². The Hall–Kier alpha value is -2.47. The molecule has 0 unspecified atom stereocenters. The van der Waals surface area contributed by atoms with Gasteiger partial charge in [-0.05, 0) is 37.9 Å². The second-order valence-corrected chi connectivity index (χ2v) is 7.06. The minimum Gasteiger partial charge on any atom is -0.354 e. The topological polar surface area (TPSA) is 69.7 Å². The number of nitrogens with zero attached hydrogens (tertiary/aromatic N) is 4. The third-order valence-corrected chi connectivity index (χ3v) is 4.94. The second-order valence-electron chi connectivity index (χ2n) is 7.06. The Morgan fingerprint density at radius 2 is 2.08 bits per heavy atom. The Morgan fingerprint density at radius 3 is 2.88 bits per heavy atom. The SMILES string of the molecule is CCCNc1ncc(CN2CCC[C@@H](c3nc4ccccc4[nH]3)C2)cn1. The fourth-order valence-electron chi connectivity index (χ4n) is 3.61. The van der Waals surface area contributed by atoms with Gasteiger partial charge in [-0.2, -0.15) is 0 Å². The van der Waals surface area contributed by atoms with E-state index in [1.807, 2.05) is 18.5 Å². The van der Waals surface area contributed by atoms with Crippen LogP contribution in [0.2, 0.25) is 0 Å². The fraction of sp³-hybridized carbons (Fsp3) is 0.450. The summed E-state index contributed by atoms with van der Waals surface area (Å²) in [6.07, 6.45) is 7.33. The zero-order valence-electron chi connectivity index (χ0n) is 15.3. The van der Waals surface area contributed by atoms with E-state index >= 15 is 0 Å². The van der Waals surface area contributed by atoms with Crippen molar-refractivity contribution in [3.05, 3.63) is 48.0 Å². The second kappa shape index (κ2) is 7.83. The van der Waals surface area contributed by atoms with Crippen molar-refractivity contribution in [2.24, 2.45) is 0 Å². The molecule has 3 aromatic rings. The highest BCUT2D eigenvalue weighted by Crippen LogP contribution is 2.27. The molecular formula is C20H26N6. The van der Waals surface area contributed by atoms with Crippen molar-refractivity contribution < 1.29 is 0 Å². The number of hydrogen-bond acceptors (Lipinski definition) is 5. The summed E-state index contributed by atoms with van der Waals surface area (Å²) >= 11 is 0. The van der Waals surface area contributed by atoms with Gasteiger partial charge in [-0.1, -0.05) is 19.1 Å². The average molecular weight is 350 g/mol. The maximum atomic E-state index is 4.80. The van der Waals surface area contributed by atoms with Gasteiger partial charge in [0, 0.05) is 43.5 Å². The number of likely N-dealkylation sites (tertiary alicyclic amines) is 1. The predicted molar refractivity (Wildman–Crippen MR) is 104 cm³/mol. The van der Waals surface area contributed by atoms with Crippen LogP contribution in [0.5, 0.6) is 0 Å². The van der Waals surface area contributed by atoms with Crippen LogP contribution >= 0.6 is 0 Å². The third kappa shape index (κ3) is 3.85. The molecule has 0 spiro atoms. The van der Waals surface area contributed by atoms with Crippen molar-refractivity contribution in [2.75, 3.05) is 25.0 Å². The van der Waals surface area contributed by atoms with Gasteiger partial charge in [0.1, 0.15) is 5.82 Å². The van der Waals surface area contributed by atoms with Crippen molar-refractivity contribution in [1.29, 1.82) is 0 Å². The summed E-state index contributed by atoms with van der Waals surface area (Å²) in [6.45, 7) is 6.08. The molecule has 0 bridgehead atoms. The number of benzene rings is 1. The van der Waals surface area contributed by atoms with Crippen molar-refractivity contribution >= 4 is 17.0 Å². The number of hydrogen-bond donors (Lipinski definition) is 2. The van der Waals surface area contributed by atoms with E-state index in [9.17, 15) is 0 Å². The lowest BCUT2D eigenvalue weighted by atomic mass is 9.97. The van der Waals surface area contributed by atoms with E-state index in [0.717, 1.165) is 61.0 Å². The Kier molecular flexibility index (Phi) is 5.11. The van der Waals surface area contributed by atoms with Crippen LogP contribution in [0.4, 0.5) is 5.95 Å². The molecule has 6 heteroatoms. The zero-order valence-corrected chi connectivity index (χ0v) is 15.3. The first-order valence-corrected chi connectivity index (χ1v) is 9.53. The Balaban J connectivity index is 1.40. The van der Waals surface area contributed by atoms with Crippen molar-refractivity contribution in [2.45, 2.75) is 38.6 Å². The summed E-state index contributed by atoms with van der Waals surface area (Å²) in [4.78, 5) is 19.6. The summed E-state index contributed by atoms with van der Waals surface area (Å²) in [5, 5.41) is 3.22. The van der Waals surface area contributed by atoms with E-state index in [-0.39, 0.29) is 0 Å². The van der Waals surface area contributed by atoms with Gasteiger partial charge >= 0.3 is 0 Å². The molecule has 0 amide bonds. The van der Waals surface area contributed by atoms with Gasteiger partial charge < -0.3 is 10.3 Å². The first-order valence-electron chi connectivity index (χ1n) is 9.53. The number of fused-ring (bicyclic) bond motifs is 1. The van der Waals surface area contributed by atoms with Crippen LogP contribution in [0, 0.1) is 0 Å². The van der Waals surface area contributed by atoms with Crippen molar-refractivity contribution in [3.8, 4) is 0 Å². The molecule has 2 aromatic heterocycles. The molecule has 26 heavy (non-hydrogen) atoms. The number of nitrogens with one attached hydrogen (secondary N) is 2. The summed E-state index contributed by atoms with van der Waals surface area (Å²) in [6, 6.07) is 8.26. The van der Waals surface area contributed by atoms with E-state index in [0.29, 0.717) is 5.92 Å². The van der Waals surface area contributed by atoms with Gasteiger partial charge in [0.15, 0.2) is 0 Å². The molecular weight excluding hydrogens is 324 g/mol. The minimum atomic E-state index is 0.461. The van der Waals surface area contributed by atoms with E-state index in [1.165, 1.54) is 12.8 Å². The monoisotopic (exact) mass is 350 g/mol. The van der Waals surface area contributed by atoms with Crippen LogP contribution in [0.25, 0.3) is 11.0 Å². The molecule has 0 saturated carbocycles. The van der Waals surface area contributed by atoms with Gasteiger partial charge in [-0.15, -0.1) is 0 Å². The predicted octanol–water partition coefficient (Wildman–Crippen LogP) is 3.55. The van der Waals surface area contributed by atoms with Gasteiger partial charge in [0.05, 0.1) is 11.0 Å². The summed E-state index contributed by atoms with van der Waals surface area (Å²) in [7, 11) is 0. The zero-order chi connectivity index (χ0) is 17.8. The van der Waals surface area contributed by atoms with E-state index < -0.39 is 0 Å². The van der Waals surface area contributed by atoms with Crippen LogP contribution in [0.1, 0.15) is 43.5 Å². The quantitative estimate of drug-likeness (QED) is 0.711. The van der Waals surface area contributed by atoms with Crippen LogP contribution < -0.4 is 5.32 Å². The normalized spacial score (nSPS) is 18.3. The number of para-hydroxylation sites is 2. The number of H-pyrrole nitrogens is 1. The summed E-state index contributed by atoms with van der Waals surface area (Å²) in [5.41, 5.74) is 3.35. The molecule has 1 saturated heterocycles. The molecule has 2 N–H and O–H groups in total. The van der Waals surface area contributed by atoms with E-state index in [1.54, 1.807) is 0 Å². The highest BCUT2D eigenvalue weighted by Gasteiger charge is 2.24. The van der Waals surface area contributed by atoms with Crippen molar-refractivity contribution in [1.82, 2.24) is 24.8 Å². The summed E-state index contributed by atoms with van der Waals surface area (Å²) in [5.74, 6) is 2.29. The molecule has 0 radical (unpaired) electrons. The smallest absolute Gasteiger partial charge is 0.222 e. The molecule has 1 aliphatic rings. The number of anilines is 1. The van der Waals surface area contributed by atoms with Crippen LogP contribution in [0.3, 0.4) is 0 Å². The minimum absolute atomic E-state index is 0.461. The number of piperidine rings is 1. The Labute approximate surface area is 154 Å². The summed E-state index contributed by atoms with van der Waals surface area (Å²) < 4.78 is 0. The first kappa shape index (κ1) is 17.0. The fourth-order valence-corrected chi connectivity index (χ4v) is 3.61. The molecule has 0 aliphatic carbocycles. The Morgan fingerprint density at radius 1 is 1.23 bits per heavy atom. The lowest BCUT2D eigenvalue weighted by Gasteiger charge is -2.31. The lowest BCUT2D eigenvalue weighted by Crippen LogP contribution is -2.34. The first-order chi connectivity index (χ1) is 12.8. The molecule has 3 heterocycles. The van der Waals surface area contributed by atoms with Gasteiger partial charge in [0.2, 0.25) is 5.95 Å². The highest BCUT2D eigenvalue weighted by atomic mass is 15.1. The lowest BCUT2D eigenvalue weighted by molar-refractivity contribution is 0.197. The molecule has 1 fully saturated rings. The Bertz CT molecular complexity index is 808. The molecule has 136 valence electrons. The van der Waals surface area contributed by atoms with Gasteiger partial charge in [-0.3, -0.25) is 4.90 Å². The van der Waals surface area contributed by atoms with Crippen LogP contribution in [-0.2, 0) is 6.54 Å². The van der Waals surface area contributed by atoms with E-state index in [2.05, 4.69) is 50.3 Å². The standard InChI is InChI=1S/C20H26N6/c1-2-9-21-20-22-11-15(12-23-20)13-26-10-5-6-16(14-26)19-24-17-7-3-4-8-18(17)25-19/h3-4,7-8,11-12,16H,2,5-6,9-10,13-14H2,1H3,(H,24,25)(H,21,22,23)/t16-/m1/s1. The molecule has 6 nitrogen and oxygen atoms in total. The maximum absolute atomic E-state index is 4.80. The molecule has 1 aromatic carbocycles. The average Bonchev–Trinajstić information content (AvgIpc) is 3.12. The van der Waals surface area contributed by atoms with Crippen LogP contribution in [0.15, 0.2) is 36.7 Å². The number of aromatic nitrogens is 4. The molecule has 4 rings (SSSR count). The van der Waals surface area contributed by atoms with Crippen molar-refractivity contribution in [3.63, 3.8) is 0 Å². The van der Waals surface area contributed by atoms with Gasteiger partial charge in [-0.25, -0.2) is 15.0 Å². The number of aromatic amines is 1. The number of imidazole rings is 1. The largest absolute Gasteiger partial charge is 0.354 e. The van der Waals surface area contributed by atoms with Gasteiger partial charge in [0.25, 0.3) is 0 Å². The highest BCUT2D eigenvalue weighted by molar-refractivity contribution is 5.74.